The van der Waals surface area contributed by atoms with Crippen molar-refractivity contribution in [3.63, 3.8) is 0 Å². The molecule has 0 aromatic rings. The van der Waals surface area contributed by atoms with E-state index in [0.717, 1.165) is 0 Å². The van der Waals surface area contributed by atoms with E-state index in [0.29, 0.717) is 0 Å². The molecule has 62 valence electrons. The smallest absolute Gasteiger partial charge is 0 e. The number of hydrogen-bond acceptors (Lipinski definition) is 0. The first-order valence-electron chi connectivity index (χ1n) is 0. The molecule has 0 fully saturated rings. The molecule has 0 saturated carbocycles. The first-order chi connectivity index (χ1) is 0. The van der Waals surface area contributed by atoms with Crippen molar-refractivity contribution in [3.8, 4) is 0 Å². The molecule has 9 heteroatoms. The van der Waals surface area contributed by atoms with Crippen LogP contribution in [0.2, 0.25) is 0 Å². The van der Waals surface area contributed by atoms with Crippen LogP contribution in [0.5, 0.6) is 0 Å². The van der Waals surface area contributed by atoms with Gasteiger partial charge < -0.3 is 32.9 Å². The Morgan fingerprint density at radius 1 is 0.333 bits per heavy atom. The van der Waals surface area contributed by atoms with Gasteiger partial charge in [0.15, 0.2) is 0 Å². The van der Waals surface area contributed by atoms with Crippen molar-refractivity contribution in [1.82, 2.24) is 0 Å². The molecule has 0 aliphatic carbocycles. The molecular formula is H12Nb2O6Pb. The van der Waals surface area contributed by atoms with Crippen LogP contribution in [0, 0.1) is 0 Å². The third kappa shape index (κ3) is 145. The van der Waals surface area contributed by atoms with Crippen LogP contribution in [0.3, 0.4) is 0 Å². The zero-order valence-corrected chi connectivity index (χ0v) is 12.7. The molecule has 0 rings (SSSR count). The molecule has 0 saturated heterocycles. The van der Waals surface area contributed by atoms with E-state index in [4.69, 9.17) is 0 Å². The minimum Gasteiger partial charge on any atom is -0.412 e. The van der Waals surface area contributed by atoms with Gasteiger partial charge in [-0.1, -0.05) is 0 Å². The summed E-state index contributed by atoms with van der Waals surface area (Å²) in [7, 11) is 0. The van der Waals surface area contributed by atoms with E-state index in [-0.39, 0.29) is 105 Å². The van der Waals surface area contributed by atoms with Crippen LogP contribution in [-0.2, 0) is 44.8 Å². The summed E-state index contributed by atoms with van der Waals surface area (Å²) in [4.78, 5) is 0. The summed E-state index contributed by atoms with van der Waals surface area (Å²) < 4.78 is 0. The molecule has 6 radical (unpaired) electrons. The maximum Gasteiger partial charge on any atom is 0 e. The third-order valence-corrected chi connectivity index (χ3v) is 0. The van der Waals surface area contributed by atoms with Crippen LogP contribution < -0.4 is 0 Å². The Hall–Kier alpha value is 2.16. The monoisotopic (exact) mass is 502 g/mol. The van der Waals surface area contributed by atoms with Crippen molar-refractivity contribution in [2.24, 2.45) is 0 Å². The second-order valence-corrected chi connectivity index (χ2v) is 0. The van der Waals surface area contributed by atoms with E-state index in [1.807, 2.05) is 0 Å². The molecule has 0 amide bonds. The maximum absolute atomic E-state index is 0. The Balaban J connectivity index is 0. The predicted octanol–water partition coefficient (Wildman–Crippen LogP) is -5.33. The van der Waals surface area contributed by atoms with Crippen LogP contribution >= 0.6 is 0 Å². The summed E-state index contributed by atoms with van der Waals surface area (Å²) >= 11 is 0. The van der Waals surface area contributed by atoms with Gasteiger partial charge in [-0.15, -0.1) is 0 Å². The van der Waals surface area contributed by atoms with Gasteiger partial charge in [-0.05, 0) is 0 Å². The molecule has 0 unspecified atom stereocenters. The van der Waals surface area contributed by atoms with E-state index in [1.54, 1.807) is 0 Å². The molecule has 0 heterocycles. The molecule has 0 aromatic heterocycles. The van der Waals surface area contributed by atoms with Gasteiger partial charge in [-0.2, -0.15) is 0 Å². The van der Waals surface area contributed by atoms with Gasteiger partial charge in [-0.25, -0.2) is 0 Å². The van der Waals surface area contributed by atoms with Crippen LogP contribution in [0.1, 0.15) is 0 Å². The normalized spacial score (nSPS) is 0. The Labute approximate surface area is 104 Å². The Morgan fingerprint density at radius 3 is 0.333 bits per heavy atom. The quantitative estimate of drug-likeness (QED) is 0.287. The summed E-state index contributed by atoms with van der Waals surface area (Å²) in [6.45, 7) is 0. The average molecular weight is 501 g/mol. The van der Waals surface area contributed by atoms with E-state index in [2.05, 4.69) is 0 Å². The summed E-state index contributed by atoms with van der Waals surface area (Å²) in [6.07, 6.45) is 0. The van der Waals surface area contributed by atoms with Crippen LogP contribution in [-0.4, -0.2) is 60.2 Å². The fourth-order valence-electron chi connectivity index (χ4n) is 0. The van der Waals surface area contributed by atoms with Gasteiger partial charge in [-0.3, -0.25) is 0 Å². The zero-order valence-electron chi connectivity index (χ0n) is 4.39. The summed E-state index contributed by atoms with van der Waals surface area (Å²) in [6, 6.07) is 0. The Kier molecular flexibility index (Phi) is 5000. The molecule has 0 aromatic carbocycles. The van der Waals surface area contributed by atoms with E-state index >= 15 is 0 Å². The topological polar surface area (TPSA) is 189 Å². The standard InChI is InChI=1S/2Nb.6H2O.Pb/h;;6*1H2;. The Morgan fingerprint density at radius 2 is 0.333 bits per heavy atom. The first kappa shape index (κ1) is 247. The maximum atomic E-state index is 0. The van der Waals surface area contributed by atoms with Crippen molar-refractivity contribution in [2.45, 2.75) is 0 Å². The Bertz CT molecular complexity index is 11.0. The predicted molar refractivity (Wildman–Crippen MR) is 27.4 cm³/mol. The van der Waals surface area contributed by atoms with Gasteiger partial charge in [0.1, 0.15) is 0 Å². The van der Waals surface area contributed by atoms with E-state index in [1.165, 1.54) is 0 Å². The van der Waals surface area contributed by atoms with Gasteiger partial charge >= 0.3 is 0 Å². The van der Waals surface area contributed by atoms with Crippen LogP contribution in [0.25, 0.3) is 0 Å². The molecule has 6 nitrogen and oxygen atoms in total. The summed E-state index contributed by atoms with van der Waals surface area (Å²) in [5, 5.41) is 0. The molecule has 9 heavy (non-hydrogen) atoms. The molecule has 0 bridgehead atoms. The van der Waals surface area contributed by atoms with Gasteiger partial charge in [0.2, 0.25) is 0 Å². The van der Waals surface area contributed by atoms with Gasteiger partial charge in [0.25, 0.3) is 0 Å². The first-order valence-corrected chi connectivity index (χ1v) is 0. The average Bonchev–Trinajstić information content (AvgIpc) is 0. The zero-order chi connectivity index (χ0) is 0. The SMILES string of the molecule is O.O.O.O.O.O.[Nb].[Nb].[Pb]. The van der Waals surface area contributed by atoms with E-state index in [9.17, 15) is 0 Å². The number of hydrogen-bond donors (Lipinski definition) is 0. The second kappa shape index (κ2) is 182. The van der Waals surface area contributed by atoms with Crippen LogP contribution in [0.15, 0.2) is 0 Å². The molecule has 0 aliphatic rings. The second-order valence-electron chi connectivity index (χ2n) is 0. The molecule has 12 N–H and O–H groups in total. The number of rotatable bonds is 0. The molecule has 0 aliphatic heterocycles. The van der Waals surface area contributed by atoms with Crippen LogP contribution in [0.4, 0.5) is 0 Å². The van der Waals surface area contributed by atoms with Crippen molar-refractivity contribution < 1.29 is 77.6 Å². The molecular weight excluding hydrogens is 489 g/mol. The van der Waals surface area contributed by atoms with Crippen molar-refractivity contribution in [1.29, 1.82) is 0 Å². The van der Waals surface area contributed by atoms with E-state index < -0.39 is 0 Å². The minimum absolute atomic E-state index is 0. The largest absolute Gasteiger partial charge is 0.412 e. The van der Waals surface area contributed by atoms with Gasteiger partial charge in [0.05, 0.1) is 0 Å². The van der Waals surface area contributed by atoms with Crippen molar-refractivity contribution >= 4 is 27.3 Å². The molecule has 0 atom stereocenters. The van der Waals surface area contributed by atoms with Crippen molar-refractivity contribution in [2.75, 3.05) is 0 Å². The molecule has 0 spiro atoms. The minimum atomic E-state index is 0. The fraction of sp³-hybridized carbons (Fsp3) is 0. The summed E-state index contributed by atoms with van der Waals surface area (Å²) in [5.41, 5.74) is 0. The third-order valence-electron chi connectivity index (χ3n) is 0. The fourth-order valence-corrected chi connectivity index (χ4v) is 0. The van der Waals surface area contributed by atoms with Gasteiger partial charge in [0, 0.05) is 72.1 Å². The van der Waals surface area contributed by atoms with Crippen molar-refractivity contribution in [3.05, 3.63) is 0 Å². The summed E-state index contributed by atoms with van der Waals surface area (Å²) in [5.74, 6) is 0.